The Bertz CT molecular complexity index is 1630. The molecule has 0 spiro atoms. The molecule has 0 saturated carbocycles. The Kier molecular flexibility index (Phi) is 11.2. The van der Waals surface area contributed by atoms with Crippen LogP contribution >= 0.6 is 0 Å². The van der Waals surface area contributed by atoms with Crippen molar-refractivity contribution in [1.29, 1.82) is 0 Å². The average molecular weight is 614 g/mol. The number of rotatable bonds is 14. The maximum Gasteiger partial charge on any atom is 0.264 e. The Morgan fingerprint density at radius 2 is 1.43 bits per heavy atom. The Hall–Kier alpha value is -4.63. The normalized spacial score (nSPS) is 11.8. The monoisotopic (exact) mass is 613 g/mol. The molecule has 0 heterocycles. The molecule has 0 aliphatic heterocycles. The molecule has 4 aromatic carbocycles. The van der Waals surface area contributed by atoms with Crippen LogP contribution in [0, 0.1) is 6.92 Å². The Morgan fingerprint density at radius 3 is 2.02 bits per heavy atom. The highest BCUT2D eigenvalue weighted by molar-refractivity contribution is 7.92. The van der Waals surface area contributed by atoms with Crippen LogP contribution in [0.15, 0.2) is 114 Å². The summed E-state index contributed by atoms with van der Waals surface area (Å²) in [5, 5.41) is 2.96. The van der Waals surface area contributed by atoms with E-state index >= 15 is 0 Å². The van der Waals surface area contributed by atoms with Gasteiger partial charge in [0, 0.05) is 19.5 Å². The van der Waals surface area contributed by atoms with E-state index in [9.17, 15) is 18.0 Å². The van der Waals surface area contributed by atoms with Crippen LogP contribution in [0.25, 0.3) is 0 Å². The predicted molar refractivity (Wildman–Crippen MR) is 173 cm³/mol. The number of nitrogens with zero attached hydrogens (tertiary/aromatic N) is 2. The molecule has 4 rings (SSSR count). The number of benzene rings is 4. The van der Waals surface area contributed by atoms with Crippen molar-refractivity contribution in [3.05, 3.63) is 126 Å². The molecule has 230 valence electrons. The van der Waals surface area contributed by atoms with E-state index in [0.29, 0.717) is 12.3 Å². The number of carbonyl (C=O) groups excluding carboxylic acids is 2. The van der Waals surface area contributed by atoms with Crippen molar-refractivity contribution in [2.75, 3.05) is 24.5 Å². The topological polar surface area (TPSA) is 96.0 Å². The van der Waals surface area contributed by atoms with Gasteiger partial charge in [-0.2, -0.15) is 0 Å². The van der Waals surface area contributed by atoms with Crippen LogP contribution in [0.5, 0.6) is 5.75 Å². The number of amides is 2. The Labute approximate surface area is 260 Å². The average Bonchev–Trinajstić information content (AvgIpc) is 3.05. The summed E-state index contributed by atoms with van der Waals surface area (Å²) in [7, 11) is -2.76. The van der Waals surface area contributed by atoms with Gasteiger partial charge in [0.05, 0.1) is 17.7 Å². The lowest BCUT2D eigenvalue weighted by Gasteiger charge is -2.34. The third-order valence-electron chi connectivity index (χ3n) is 7.23. The first-order valence-corrected chi connectivity index (χ1v) is 16.1. The third-order valence-corrected chi connectivity index (χ3v) is 9.00. The fourth-order valence-corrected chi connectivity index (χ4v) is 6.37. The lowest BCUT2D eigenvalue weighted by atomic mass is 10.0. The molecular weight excluding hydrogens is 574 g/mol. The van der Waals surface area contributed by atoms with Gasteiger partial charge >= 0.3 is 0 Å². The molecule has 0 radical (unpaired) electrons. The zero-order valence-corrected chi connectivity index (χ0v) is 26.2. The molecule has 4 aromatic rings. The van der Waals surface area contributed by atoms with Crippen molar-refractivity contribution in [2.45, 2.75) is 44.2 Å². The number of methoxy groups -OCH3 is 1. The van der Waals surface area contributed by atoms with Crippen LogP contribution in [0.2, 0.25) is 0 Å². The standard InChI is InChI=1S/C35H39N3O5S/c1-4-22-36-35(40)32(24-28-14-8-5-9-15-28)37(25-29-16-10-6-11-17-29)34(39)26-38(31-23-27(2)20-21-33(31)43-3)44(41,42)30-18-12-7-13-19-30/h5-21,23,32H,4,22,24-26H2,1-3H3,(H,36,40). The van der Waals surface area contributed by atoms with Crippen molar-refractivity contribution >= 4 is 27.5 Å². The summed E-state index contributed by atoms with van der Waals surface area (Å²) in [6.07, 6.45) is 0.987. The number of nitrogens with one attached hydrogen (secondary N) is 1. The zero-order chi connectivity index (χ0) is 31.5. The number of carbonyl (C=O) groups is 2. The number of sulfonamides is 1. The molecule has 0 aliphatic rings. The van der Waals surface area contributed by atoms with E-state index in [2.05, 4.69) is 5.32 Å². The molecule has 44 heavy (non-hydrogen) atoms. The predicted octanol–water partition coefficient (Wildman–Crippen LogP) is 5.37. The quantitative estimate of drug-likeness (QED) is 0.207. The van der Waals surface area contributed by atoms with Crippen molar-refractivity contribution in [1.82, 2.24) is 10.2 Å². The van der Waals surface area contributed by atoms with Crippen molar-refractivity contribution < 1.29 is 22.7 Å². The molecule has 1 atom stereocenters. The van der Waals surface area contributed by atoms with Gasteiger partial charge in [0.2, 0.25) is 11.8 Å². The van der Waals surface area contributed by atoms with E-state index in [1.165, 1.54) is 24.1 Å². The SMILES string of the molecule is CCCNC(=O)C(Cc1ccccc1)N(Cc1ccccc1)C(=O)CN(c1cc(C)ccc1OC)S(=O)(=O)c1ccccc1. The minimum absolute atomic E-state index is 0.0347. The first-order chi connectivity index (χ1) is 21.2. The van der Waals surface area contributed by atoms with E-state index in [1.54, 1.807) is 30.3 Å². The lowest BCUT2D eigenvalue weighted by molar-refractivity contribution is -0.140. The minimum Gasteiger partial charge on any atom is -0.495 e. The first kappa shape index (κ1) is 32.3. The van der Waals surface area contributed by atoms with Gasteiger partial charge in [-0.1, -0.05) is 91.9 Å². The maximum atomic E-state index is 14.5. The molecular formula is C35H39N3O5S. The van der Waals surface area contributed by atoms with Crippen LogP contribution in [0.3, 0.4) is 0 Å². The minimum atomic E-state index is -4.22. The van der Waals surface area contributed by atoms with Gasteiger partial charge in [-0.05, 0) is 54.3 Å². The first-order valence-electron chi connectivity index (χ1n) is 14.6. The fourth-order valence-electron chi connectivity index (χ4n) is 4.93. The number of ether oxygens (including phenoxy) is 1. The second-order valence-corrected chi connectivity index (χ2v) is 12.4. The summed E-state index contributed by atoms with van der Waals surface area (Å²) in [6, 6.07) is 31.1. The maximum absolute atomic E-state index is 14.5. The summed E-state index contributed by atoms with van der Waals surface area (Å²) in [5.74, 6) is -0.519. The summed E-state index contributed by atoms with van der Waals surface area (Å²) in [6.45, 7) is 3.82. The van der Waals surface area contributed by atoms with Crippen LogP contribution in [-0.2, 0) is 32.6 Å². The molecule has 9 heteroatoms. The Balaban J connectivity index is 1.82. The van der Waals surface area contributed by atoms with Gasteiger partial charge in [-0.3, -0.25) is 13.9 Å². The molecule has 0 bridgehead atoms. The summed E-state index contributed by atoms with van der Waals surface area (Å²) in [4.78, 5) is 29.7. The second kappa shape index (κ2) is 15.2. The van der Waals surface area contributed by atoms with E-state index < -0.39 is 28.5 Å². The zero-order valence-electron chi connectivity index (χ0n) is 25.3. The van der Waals surface area contributed by atoms with E-state index in [4.69, 9.17) is 4.74 Å². The van der Waals surface area contributed by atoms with Gasteiger partial charge < -0.3 is 15.0 Å². The third kappa shape index (κ3) is 8.05. The smallest absolute Gasteiger partial charge is 0.264 e. The van der Waals surface area contributed by atoms with E-state index in [0.717, 1.165) is 27.4 Å². The summed E-state index contributed by atoms with van der Waals surface area (Å²) >= 11 is 0. The largest absolute Gasteiger partial charge is 0.495 e. The molecule has 2 amide bonds. The van der Waals surface area contributed by atoms with Crippen LogP contribution in [0.4, 0.5) is 5.69 Å². The molecule has 0 saturated heterocycles. The second-order valence-electron chi connectivity index (χ2n) is 10.5. The van der Waals surface area contributed by atoms with E-state index in [-0.39, 0.29) is 29.5 Å². The molecule has 0 aliphatic carbocycles. The molecule has 1 N–H and O–H groups in total. The van der Waals surface area contributed by atoms with Crippen LogP contribution in [0.1, 0.15) is 30.0 Å². The summed E-state index contributed by atoms with van der Waals surface area (Å²) < 4.78 is 35.0. The summed E-state index contributed by atoms with van der Waals surface area (Å²) in [5.41, 5.74) is 2.72. The van der Waals surface area contributed by atoms with E-state index in [1.807, 2.05) is 80.6 Å². The molecule has 1 unspecified atom stereocenters. The Morgan fingerprint density at radius 1 is 0.841 bits per heavy atom. The fraction of sp³-hybridized carbons (Fsp3) is 0.257. The van der Waals surface area contributed by atoms with Crippen molar-refractivity contribution in [3.63, 3.8) is 0 Å². The van der Waals surface area contributed by atoms with Crippen LogP contribution in [-0.4, -0.2) is 51.4 Å². The van der Waals surface area contributed by atoms with Crippen LogP contribution < -0.4 is 14.4 Å². The highest BCUT2D eigenvalue weighted by Gasteiger charge is 2.35. The number of anilines is 1. The lowest BCUT2D eigenvalue weighted by Crippen LogP contribution is -2.53. The van der Waals surface area contributed by atoms with Gasteiger partial charge in [-0.25, -0.2) is 8.42 Å². The van der Waals surface area contributed by atoms with Gasteiger partial charge in [0.1, 0.15) is 18.3 Å². The van der Waals surface area contributed by atoms with Gasteiger partial charge in [-0.15, -0.1) is 0 Å². The van der Waals surface area contributed by atoms with Gasteiger partial charge in [0.15, 0.2) is 0 Å². The number of aryl methyl sites for hydroxylation is 1. The number of hydrogen-bond donors (Lipinski definition) is 1. The van der Waals surface area contributed by atoms with Gasteiger partial charge in [0.25, 0.3) is 10.0 Å². The molecule has 0 aromatic heterocycles. The molecule has 8 nitrogen and oxygen atoms in total. The highest BCUT2D eigenvalue weighted by atomic mass is 32.2. The molecule has 0 fully saturated rings. The highest BCUT2D eigenvalue weighted by Crippen LogP contribution is 2.34. The van der Waals surface area contributed by atoms with Crippen molar-refractivity contribution in [2.24, 2.45) is 0 Å². The number of hydrogen-bond acceptors (Lipinski definition) is 5. The van der Waals surface area contributed by atoms with Crippen molar-refractivity contribution in [3.8, 4) is 5.75 Å².